The lowest BCUT2D eigenvalue weighted by Gasteiger charge is -2.31. The lowest BCUT2D eigenvalue weighted by Crippen LogP contribution is -2.33. The summed E-state index contributed by atoms with van der Waals surface area (Å²) in [6.45, 7) is -0.275. The third-order valence-corrected chi connectivity index (χ3v) is 9.33. The highest BCUT2D eigenvalue weighted by atomic mass is 32.2. The van der Waals surface area contributed by atoms with Crippen LogP contribution in [0.15, 0.2) is 47.4 Å². The maximum Gasteiger partial charge on any atom is 0.344 e. The van der Waals surface area contributed by atoms with Crippen LogP contribution in [0, 0.1) is 23.3 Å². The Morgan fingerprint density at radius 1 is 0.909 bits per heavy atom. The summed E-state index contributed by atoms with van der Waals surface area (Å²) in [5, 5.41) is 2.08. The number of halogens is 5. The molecule has 0 saturated carbocycles. The number of anilines is 1. The highest BCUT2D eigenvalue weighted by Crippen LogP contribution is 2.36. The smallest absolute Gasteiger partial charge is 0.344 e. The second-order valence-corrected chi connectivity index (χ2v) is 12.2. The molecule has 8 nitrogen and oxygen atoms in total. The molecule has 0 radical (unpaired) electrons. The van der Waals surface area contributed by atoms with Crippen molar-refractivity contribution in [3.05, 3.63) is 82.7 Å². The Hall–Kier alpha value is -4.04. The fraction of sp³-hybridized carbons (Fsp3) is 0.333. The minimum absolute atomic E-state index is 0.0275. The van der Waals surface area contributed by atoms with E-state index in [1.54, 1.807) is 0 Å². The van der Waals surface area contributed by atoms with Crippen LogP contribution in [-0.4, -0.2) is 56.1 Å². The molecular formula is C30H27F5N4O4S. The van der Waals surface area contributed by atoms with Gasteiger partial charge in [0.2, 0.25) is 0 Å². The van der Waals surface area contributed by atoms with E-state index in [1.165, 1.54) is 0 Å². The number of hydrogen-bond donors (Lipinski definition) is 0. The fourth-order valence-electron chi connectivity index (χ4n) is 5.68. The van der Waals surface area contributed by atoms with Gasteiger partial charge in [-0.2, -0.15) is 8.42 Å². The molecule has 1 atom stereocenters. The van der Waals surface area contributed by atoms with Crippen LogP contribution >= 0.6 is 0 Å². The van der Waals surface area contributed by atoms with Crippen LogP contribution in [0.25, 0.3) is 10.8 Å². The molecule has 1 aromatic heterocycles. The molecule has 2 aliphatic rings. The number of nitrogens with zero attached hydrogens (tertiary/aromatic N) is 4. The number of fused-ring (bicyclic) bond motifs is 2. The van der Waals surface area contributed by atoms with Gasteiger partial charge in [-0.05, 0) is 37.9 Å². The number of benzene rings is 3. The SMILES string of the molecule is CN1CCC[C@@H]1COc1nc2c(nc1OS(=O)(=O)c1c(F)c(F)c(F)c(F)c1CF)CCN(c1cccc3ccccc13)C2. The summed E-state index contributed by atoms with van der Waals surface area (Å²) in [6.07, 6.45) is 2.03. The first-order chi connectivity index (χ1) is 21.1. The van der Waals surface area contributed by atoms with E-state index in [0.717, 1.165) is 35.8 Å². The van der Waals surface area contributed by atoms with E-state index >= 15 is 0 Å². The standard InChI is InChI=1S/C30H27F5N4O4S/c1-38-12-5-8-18(38)16-42-29-30(43-44(40,41)28-20(14-31)24(32)25(33)26(34)27(28)35)36-21-11-13-39(15-22(21)37-29)23-10-4-7-17-6-2-3-9-19(17)23/h2-4,6-7,9-10,18H,5,8,11-16H2,1H3/t18-/m1/s1. The van der Waals surface area contributed by atoms with E-state index in [9.17, 15) is 30.4 Å². The van der Waals surface area contributed by atoms with Gasteiger partial charge in [0.25, 0.3) is 11.8 Å². The Bertz CT molecular complexity index is 1850. The zero-order valence-corrected chi connectivity index (χ0v) is 24.3. The number of alkyl halides is 1. The van der Waals surface area contributed by atoms with Crippen LogP contribution in [0.5, 0.6) is 11.8 Å². The number of likely N-dealkylation sites (N-methyl/N-ethyl adjacent to an activating group) is 1. The number of aromatic nitrogens is 2. The van der Waals surface area contributed by atoms with Crippen LogP contribution in [-0.2, 0) is 29.8 Å². The van der Waals surface area contributed by atoms with Crippen LogP contribution in [0.2, 0.25) is 0 Å². The van der Waals surface area contributed by atoms with E-state index in [2.05, 4.69) is 19.8 Å². The number of rotatable bonds is 8. The van der Waals surface area contributed by atoms with E-state index in [1.807, 2.05) is 49.5 Å². The van der Waals surface area contributed by atoms with Crippen molar-refractivity contribution in [2.45, 2.75) is 43.4 Å². The van der Waals surface area contributed by atoms with Gasteiger partial charge in [-0.25, -0.2) is 31.9 Å². The molecule has 0 bridgehead atoms. The molecule has 4 aromatic rings. The van der Waals surface area contributed by atoms with Crippen LogP contribution < -0.4 is 13.8 Å². The molecule has 6 rings (SSSR count). The summed E-state index contributed by atoms with van der Waals surface area (Å²) < 4.78 is 108. The molecule has 232 valence electrons. The molecule has 14 heteroatoms. The molecule has 44 heavy (non-hydrogen) atoms. The van der Waals surface area contributed by atoms with Gasteiger partial charge in [-0.15, -0.1) is 0 Å². The Kier molecular flexibility index (Phi) is 8.05. The lowest BCUT2D eigenvalue weighted by atomic mass is 10.0. The maximum atomic E-state index is 14.7. The molecule has 1 fully saturated rings. The maximum absolute atomic E-state index is 14.7. The zero-order chi connectivity index (χ0) is 31.2. The molecule has 0 aliphatic carbocycles. The molecule has 3 aromatic carbocycles. The second kappa shape index (κ2) is 11.8. The number of hydrogen-bond acceptors (Lipinski definition) is 8. The third-order valence-electron chi connectivity index (χ3n) is 8.03. The van der Waals surface area contributed by atoms with Crippen molar-refractivity contribution in [3.63, 3.8) is 0 Å². The Morgan fingerprint density at radius 3 is 2.39 bits per heavy atom. The Balaban J connectivity index is 1.38. The minimum Gasteiger partial charge on any atom is -0.472 e. The predicted octanol–water partition coefficient (Wildman–Crippen LogP) is 5.46. The molecule has 0 amide bonds. The minimum atomic E-state index is -5.49. The van der Waals surface area contributed by atoms with Gasteiger partial charge in [-0.3, -0.25) is 0 Å². The fourth-order valence-corrected chi connectivity index (χ4v) is 6.84. The Morgan fingerprint density at radius 2 is 1.64 bits per heavy atom. The number of likely N-dealkylation sites (tertiary alicyclic amines) is 1. The normalized spacial score (nSPS) is 17.2. The quantitative estimate of drug-likeness (QED) is 0.109. The van der Waals surface area contributed by atoms with Gasteiger partial charge in [0.15, 0.2) is 28.2 Å². The first-order valence-corrected chi connectivity index (χ1v) is 15.3. The first-order valence-electron chi connectivity index (χ1n) is 13.9. The molecule has 0 spiro atoms. The summed E-state index contributed by atoms with van der Waals surface area (Å²) in [7, 11) is -3.58. The van der Waals surface area contributed by atoms with E-state index in [-0.39, 0.29) is 25.1 Å². The lowest BCUT2D eigenvalue weighted by molar-refractivity contribution is 0.188. The average Bonchev–Trinajstić information content (AvgIpc) is 3.44. The highest BCUT2D eigenvalue weighted by Gasteiger charge is 2.36. The monoisotopic (exact) mass is 634 g/mol. The highest BCUT2D eigenvalue weighted by molar-refractivity contribution is 7.87. The van der Waals surface area contributed by atoms with Gasteiger partial charge in [0.05, 0.1) is 17.9 Å². The summed E-state index contributed by atoms with van der Waals surface area (Å²) in [5.74, 6) is -10.3. The van der Waals surface area contributed by atoms with Crippen molar-refractivity contribution in [1.29, 1.82) is 0 Å². The second-order valence-electron chi connectivity index (χ2n) is 10.7. The van der Waals surface area contributed by atoms with Gasteiger partial charge in [0, 0.05) is 35.6 Å². The van der Waals surface area contributed by atoms with Crippen molar-refractivity contribution in [2.24, 2.45) is 0 Å². The first kappa shape index (κ1) is 30.0. The molecule has 0 unspecified atom stereocenters. The van der Waals surface area contributed by atoms with Gasteiger partial charge in [-0.1, -0.05) is 36.4 Å². The molecular weight excluding hydrogens is 607 g/mol. The van der Waals surface area contributed by atoms with E-state index in [0.29, 0.717) is 24.4 Å². The van der Waals surface area contributed by atoms with Crippen molar-refractivity contribution >= 4 is 26.6 Å². The largest absolute Gasteiger partial charge is 0.472 e. The predicted molar refractivity (Wildman–Crippen MR) is 151 cm³/mol. The zero-order valence-electron chi connectivity index (χ0n) is 23.5. The van der Waals surface area contributed by atoms with Crippen molar-refractivity contribution in [1.82, 2.24) is 14.9 Å². The third kappa shape index (κ3) is 5.40. The van der Waals surface area contributed by atoms with Gasteiger partial charge >= 0.3 is 10.1 Å². The van der Waals surface area contributed by atoms with Crippen molar-refractivity contribution in [2.75, 3.05) is 31.6 Å². The molecule has 1 saturated heterocycles. The average molecular weight is 635 g/mol. The van der Waals surface area contributed by atoms with Crippen LogP contribution in [0.1, 0.15) is 29.8 Å². The van der Waals surface area contributed by atoms with Crippen LogP contribution in [0.3, 0.4) is 0 Å². The molecule has 0 N–H and O–H groups in total. The Labute approximate surface area is 250 Å². The van der Waals surface area contributed by atoms with Gasteiger partial charge in [0.1, 0.15) is 13.3 Å². The summed E-state index contributed by atoms with van der Waals surface area (Å²) in [6, 6.07) is 13.8. The van der Waals surface area contributed by atoms with Crippen LogP contribution in [0.4, 0.5) is 27.6 Å². The topological polar surface area (TPSA) is 84.9 Å². The van der Waals surface area contributed by atoms with Crippen molar-refractivity contribution < 1.29 is 39.3 Å². The van der Waals surface area contributed by atoms with E-state index < -0.39 is 56.4 Å². The van der Waals surface area contributed by atoms with E-state index in [4.69, 9.17) is 8.92 Å². The molecule has 2 aliphatic heterocycles. The van der Waals surface area contributed by atoms with Gasteiger partial charge < -0.3 is 18.7 Å². The molecule has 3 heterocycles. The number of ether oxygens (including phenoxy) is 1. The van der Waals surface area contributed by atoms with Crippen molar-refractivity contribution in [3.8, 4) is 11.8 Å². The summed E-state index contributed by atoms with van der Waals surface area (Å²) >= 11 is 0. The summed E-state index contributed by atoms with van der Waals surface area (Å²) in [4.78, 5) is 11.2. The summed E-state index contributed by atoms with van der Waals surface area (Å²) in [5.41, 5.74) is 0.245.